The van der Waals surface area contributed by atoms with Crippen molar-refractivity contribution >= 4 is 40.3 Å². The van der Waals surface area contributed by atoms with Gasteiger partial charge in [0.1, 0.15) is 18.6 Å². The molecule has 0 fully saturated rings. The van der Waals surface area contributed by atoms with Gasteiger partial charge in [0, 0.05) is 11.6 Å². The summed E-state index contributed by atoms with van der Waals surface area (Å²) >= 11 is 2.16. The number of nitriles is 1. The zero-order valence-corrected chi connectivity index (χ0v) is 19.1. The van der Waals surface area contributed by atoms with E-state index in [0.29, 0.717) is 29.5 Å². The molecule has 0 aliphatic heterocycles. The number of anilines is 1. The van der Waals surface area contributed by atoms with Crippen LogP contribution < -0.4 is 14.9 Å². The molecule has 0 saturated heterocycles. The van der Waals surface area contributed by atoms with E-state index in [2.05, 4.69) is 44.2 Å². The van der Waals surface area contributed by atoms with Crippen LogP contribution in [0.3, 0.4) is 0 Å². The molecule has 0 bridgehead atoms. The van der Waals surface area contributed by atoms with Crippen molar-refractivity contribution in [2.24, 2.45) is 5.10 Å². The van der Waals surface area contributed by atoms with Crippen molar-refractivity contribution in [3.8, 4) is 17.6 Å². The molecule has 1 aromatic heterocycles. The summed E-state index contributed by atoms with van der Waals surface area (Å²) in [5.74, 6) is 1.52. The largest absolute Gasteiger partial charge is 0.490 e. The second kappa shape index (κ2) is 11.1. The number of hydrogen-bond acceptors (Lipinski definition) is 8. The fraction of sp³-hybridized carbons (Fsp3) is 0.136. The molecule has 9 nitrogen and oxygen atoms in total. The molecular formula is C22H18IN5O4. The monoisotopic (exact) mass is 543 g/mol. The lowest BCUT2D eigenvalue weighted by Gasteiger charge is -2.15. The Hall–Kier alpha value is -3.72. The zero-order valence-electron chi connectivity index (χ0n) is 17.0. The van der Waals surface area contributed by atoms with Gasteiger partial charge in [-0.25, -0.2) is 4.98 Å². The fourth-order valence-corrected chi connectivity index (χ4v) is 3.48. The van der Waals surface area contributed by atoms with E-state index < -0.39 is 4.92 Å². The number of nitro groups is 1. The second-order valence-electron chi connectivity index (χ2n) is 6.35. The lowest BCUT2D eigenvalue weighted by molar-refractivity contribution is -0.385. The van der Waals surface area contributed by atoms with Crippen LogP contribution in [0.15, 0.2) is 59.8 Å². The smallest absolute Gasteiger partial charge is 0.287 e. The van der Waals surface area contributed by atoms with Crippen molar-refractivity contribution in [2.45, 2.75) is 13.5 Å². The summed E-state index contributed by atoms with van der Waals surface area (Å²) in [6.45, 7) is 2.57. The molecule has 1 heterocycles. The van der Waals surface area contributed by atoms with Crippen molar-refractivity contribution < 1.29 is 14.4 Å². The van der Waals surface area contributed by atoms with Gasteiger partial charge in [0.15, 0.2) is 11.5 Å². The lowest BCUT2D eigenvalue weighted by atomic mass is 10.1. The Kier molecular flexibility index (Phi) is 7.93. The first-order valence-electron chi connectivity index (χ1n) is 9.48. The number of nitrogens with one attached hydrogen (secondary N) is 1. The van der Waals surface area contributed by atoms with Crippen molar-refractivity contribution in [1.82, 2.24) is 4.98 Å². The van der Waals surface area contributed by atoms with E-state index in [1.54, 1.807) is 18.3 Å². The van der Waals surface area contributed by atoms with Crippen molar-refractivity contribution in [3.63, 3.8) is 0 Å². The van der Waals surface area contributed by atoms with Crippen molar-refractivity contribution in [1.29, 1.82) is 5.26 Å². The van der Waals surface area contributed by atoms with Gasteiger partial charge in [-0.3, -0.25) is 15.5 Å². The number of aromatic nitrogens is 1. The predicted molar refractivity (Wildman–Crippen MR) is 128 cm³/mol. The van der Waals surface area contributed by atoms with Crippen molar-refractivity contribution in [3.05, 3.63) is 85.1 Å². The molecular weight excluding hydrogens is 525 g/mol. The van der Waals surface area contributed by atoms with Crippen LogP contribution in [0.25, 0.3) is 0 Å². The van der Waals surface area contributed by atoms with Crippen LogP contribution in [0, 0.1) is 25.0 Å². The first-order chi connectivity index (χ1) is 15.5. The number of nitrogens with zero attached hydrogens (tertiary/aromatic N) is 4. The number of ether oxygens (including phenoxy) is 2. The van der Waals surface area contributed by atoms with Crippen LogP contribution in [0.1, 0.15) is 23.6 Å². The first kappa shape index (κ1) is 23.0. The van der Waals surface area contributed by atoms with E-state index in [1.165, 1.54) is 12.1 Å². The number of rotatable bonds is 9. The summed E-state index contributed by atoms with van der Waals surface area (Å²) in [5.41, 5.74) is 4.76. The van der Waals surface area contributed by atoms with E-state index in [9.17, 15) is 15.4 Å². The van der Waals surface area contributed by atoms with E-state index in [4.69, 9.17) is 9.47 Å². The summed E-state index contributed by atoms with van der Waals surface area (Å²) in [6, 6.07) is 15.9. The maximum absolute atomic E-state index is 10.7. The Balaban J connectivity index is 1.75. The third-order valence-corrected chi connectivity index (χ3v) is 4.99. The van der Waals surface area contributed by atoms with Crippen LogP contribution in [-0.2, 0) is 6.61 Å². The lowest BCUT2D eigenvalue weighted by Crippen LogP contribution is -2.04. The molecule has 2 aromatic carbocycles. The average Bonchev–Trinajstić information content (AvgIpc) is 2.79. The molecule has 0 radical (unpaired) electrons. The highest BCUT2D eigenvalue weighted by Crippen LogP contribution is 2.34. The maximum atomic E-state index is 10.7. The molecule has 0 saturated carbocycles. The first-order valence-corrected chi connectivity index (χ1v) is 10.6. The molecule has 0 aliphatic rings. The summed E-state index contributed by atoms with van der Waals surface area (Å²) < 4.78 is 12.6. The van der Waals surface area contributed by atoms with Crippen LogP contribution in [0.2, 0.25) is 0 Å². The quantitative estimate of drug-likeness (QED) is 0.177. The number of pyridine rings is 1. The van der Waals surface area contributed by atoms with Gasteiger partial charge >= 0.3 is 0 Å². The summed E-state index contributed by atoms with van der Waals surface area (Å²) in [5, 5.41) is 24.1. The second-order valence-corrected chi connectivity index (χ2v) is 7.51. The molecule has 0 unspecified atom stereocenters. The maximum Gasteiger partial charge on any atom is 0.287 e. The molecule has 0 aliphatic carbocycles. The molecule has 0 amide bonds. The minimum atomic E-state index is -0.514. The van der Waals surface area contributed by atoms with E-state index in [0.717, 1.165) is 20.9 Å². The van der Waals surface area contributed by atoms with E-state index >= 15 is 0 Å². The zero-order chi connectivity index (χ0) is 22.9. The molecule has 162 valence electrons. The standard InChI is InChI=1S/C22H18IN5O4/c1-2-31-20-10-15(12-26-27-21-8-7-18(13-25-21)28(29)30)9-19(23)22(20)32-14-17-6-4-3-5-16(17)11-24/h3-10,12-13H,2,14H2,1H3,(H,25,27)/b26-12+. The topological polar surface area (TPSA) is 123 Å². The number of benzene rings is 2. The van der Waals surface area contributed by atoms with E-state index in [1.807, 2.05) is 31.2 Å². The van der Waals surface area contributed by atoms with Crippen molar-refractivity contribution in [2.75, 3.05) is 12.0 Å². The third-order valence-electron chi connectivity index (χ3n) is 4.19. The molecule has 32 heavy (non-hydrogen) atoms. The van der Waals surface area contributed by atoms with E-state index in [-0.39, 0.29) is 12.3 Å². The molecule has 3 aromatic rings. The van der Waals surface area contributed by atoms with Crippen LogP contribution in [0.5, 0.6) is 11.5 Å². The Bertz CT molecular complexity index is 1180. The Labute approximate surface area is 198 Å². The highest BCUT2D eigenvalue weighted by atomic mass is 127. The van der Waals surface area contributed by atoms with Gasteiger partial charge in [-0.1, -0.05) is 18.2 Å². The fourth-order valence-electron chi connectivity index (χ4n) is 2.70. The van der Waals surface area contributed by atoms with Gasteiger partial charge in [-0.15, -0.1) is 0 Å². The van der Waals surface area contributed by atoms with Gasteiger partial charge in [0.05, 0.1) is 32.9 Å². The number of halogens is 1. The van der Waals surface area contributed by atoms with Crippen LogP contribution >= 0.6 is 22.6 Å². The number of hydrogen-bond donors (Lipinski definition) is 1. The van der Waals surface area contributed by atoms with Gasteiger partial charge in [-0.2, -0.15) is 10.4 Å². The summed E-state index contributed by atoms with van der Waals surface area (Å²) in [7, 11) is 0. The third kappa shape index (κ3) is 5.92. The number of hydrazone groups is 1. The highest BCUT2D eigenvalue weighted by molar-refractivity contribution is 14.1. The van der Waals surface area contributed by atoms with Crippen LogP contribution in [0.4, 0.5) is 11.5 Å². The molecule has 10 heteroatoms. The summed E-state index contributed by atoms with van der Waals surface area (Å²) in [6.07, 6.45) is 2.74. The summed E-state index contributed by atoms with van der Waals surface area (Å²) in [4.78, 5) is 14.1. The average molecular weight is 543 g/mol. The van der Waals surface area contributed by atoms with Gasteiger partial charge in [0.25, 0.3) is 5.69 Å². The molecule has 1 N–H and O–H groups in total. The minimum absolute atomic E-state index is 0.0941. The normalized spacial score (nSPS) is 10.5. The highest BCUT2D eigenvalue weighted by Gasteiger charge is 2.13. The molecule has 0 atom stereocenters. The van der Waals surface area contributed by atoms with Gasteiger partial charge in [-0.05, 0) is 59.3 Å². The van der Waals surface area contributed by atoms with Gasteiger partial charge < -0.3 is 9.47 Å². The Morgan fingerprint density at radius 1 is 1.28 bits per heavy atom. The predicted octanol–water partition coefficient (Wildman–Crippen LogP) is 4.89. The Morgan fingerprint density at radius 3 is 2.78 bits per heavy atom. The van der Waals surface area contributed by atoms with Crippen LogP contribution in [-0.4, -0.2) is 22.7 Å². The Morgan fingerprint density at radius 2 is 2.09 bits per heavy atom. The van der Waals surface area contributed by atoms with Gasteiger partial charge in [0.2, 0.25) is 0 Å². The molecule has 3 rings (SSSR count). The SMILES string of the molecule is CCOc1cc(/C=N/Nc2ccc([N+](=O)[O-])cn2)cc(I)c1OCc1ccccc1C#N. The minimum Gasteiger partial charge on any atom is -0.490 e. The molecule has 0 spiro atoms.